The maximum absolute atomic E-state index is 13.0. The van der Waals surface area contributed by atoms with Gasteiger partial charge >= 0.3 is 6.09 Å². The largest absolute Gasteiger partial charge is 0.444 e. The number of hydrogen-bond acceptors (Lipinski definition) is 4. The number of benzene rings is 2. The van der Waals surface area contributed by atoms with Crippen LogP contribution in [0.15, 0.2) is 64.5 Å². The summed E-state index contributed by atoms with van der Waals surface area (Å²) in [7, 11) is -1.68. The molecule has 1 amide bonds. The van der Waals surface area contributed by atoms with Crippen LogP contribution in [0.5, 0.6) is 0 Å². The second kappa shape index (κ2) is 7.91. The van der Waals surface area contributed by atoms with Crippen molar-refractivity contribution >= 4 is 26.8 Å². The van der Waals surface area contributed by atoms with Crippen molar-refractivity contribution in [3.05, 3.63) is 60.3 Å². The molecule has 3 aromatic rings. The van der Waals surface area contributed by atoms with E-state index in [1.807, 2.05) is 44.6 Å². The first-order valence-electron chi connectivity index (χ1n) is 9.43. The Kier molecular flexibility index (Phi) is 5.71. The second-order valence-electron chi connectivity index (χ2n) is 7.94. The molecule has 1 N–H and O–H groups in total. The number of rotatable bonds is 5. The summed E-state index contributed by atoms with van der Waals surface area (Å²) in [5.41, 5.74) is 1.34. The molecule has 0 unspecified atom stereocenters. The predicted molar refractivity (Wildman–Crippen MR) is 113 cm³/mol. The van der Waals surface area contributed by atoms with Crippen molar-refractivity contribution in [3.63, 3.8) is 0 Å². The molecule has 1 aromatic heterocycles. The highest BCUT2D eigenvalue weighted by Gasteiger charge is 2.19. The van der Waals surface area contributed by atoms with Crippen molar-refractivity contribution in [3.8, 4) is 0 Å². The van der Waals surface area contributed by atoms with E-state index in [1.165, 1.54) is 0 Å². The van der Waals surface area contributed by atoms with Gasteiger partial charge in [0.1, 0.15) is 5.60 Å². The van der Waals surface area contributed by atoms with Crippen LogP contribution in [0, 0.1) is 0 Å². The lowest BCUT2D eigenvalue weighted by Gasteiger charge is -2.19. The summed E-state index contributed by atoms with van der Waals surface area (Å²) in [4.78, 5) is 12.4. The first kappa shape index (κ1) is 20.9. The van der Waals surface area contributed by atoms with E-state index in [1.54, 1.807) is 42.5 Å². The Morgan fingerprint density at radius 3 is 2.41 bits per heavy atom. The summed E-state index contributed by atoms with van der Waals surface area (Å²) in [6, 6.07) is 13.6. The number of alkyl carbamates (subject to hydrolysis) is 1. The summed E-state index contributed by atoms with van der Waals surface area (Å²) in [6.07, 6.45) is 2.05. The number of nitrogens with one attached hydrogen (secondary N) is 1. The minimum absolute atomic E-state index is 0.253. The van der Waals surface area contributed by atoms with Gasteiger partial charge in [0.15, 0.2) is 0 Å². The molecule has 0 atom stereocenters. The van der Waals surface area contributed by atoms with Crippen molar-refractivity contribution in [2.45, 2.75) is 42.6 Å². The quantitative estimate of drug-likeness (QED) is 0.682. The molecule has 29 heavy (non-hydrogen) atoms. The van der Waals surface area contributed by atoms with Gasteiger partial charge < -0.3 is 14.6 Å². The number of aryl methyl sites for hydroxylation is 1. The van der Waals surface area contributed by atoms with Crippen LogP contribution in [-0.2, 0) is 28.0 Å². The van der Waals surface area contributed by atoms with E-state index in [-0.39, 0.29) is 9.79 Å². The fraction of sp³-hybridized carbons (Fsp3) is 0.318. The molecular formula is C22H26N2O4S. The summed E-state index contributed by atoms with van der Waals surface area (Å²) in [5.74, 6) is 0. The van der Waals surface area contributed by atoms with Crippen LogP contribution in [0.2, 0.25) is 0 Å². The minimum Gasteiger partial charge on any atom is -0.444 e. The molecule has 1 heterocycles. The molecule has 2 aromatic carbocycles. The molecule has 0 aliphatic heterocycles. The van der Waals surface area contributed by atoms with E-state index in [0.29, 0.717) is 13.0 Å². The van der Waals surface area contributed by atoms with Gasteiger partial charge in [0.05, 0.1) is 9.79 Å². The molecule has 7 heteroatoms. The number of carbonyl (C=O) groups excluding carboxylic acids is 1. The van der Waals surface area contributed by atoms with Gasteiger partial charge in [-0.15, -0.1) is 0 Å². The van der Waals surface area contributed by atoms with Gasteiger partial charge in [-0.05, 0) is 63.1 Å². The van der Waals surface area contributed by atoms with Crippen LogP contribution in [0.3, 0.4) is 0 Å². The Morgan fingerprint density at radius 1 is 1.07 bits per heavy atom. The van der Waals surface area contributed by atoms with E-state index in [0.717, 1.165) is 16.5 Å². The number of amides is 1. The van der Waals surface area contributed by atoms with Gasteiger partial charge in [0, 0.05) is 30.7 Å². The molecule has 0 aliphatic carbocycles. The zero-order valence-corrected chi connectivity index (χ0v) is 17.9. The third kappa shape index (κ3) is 4.79. The molecule has 154 valence electrons. The fourth-order valence-corrected chi connectivity index (χ4v) is 4.48. The number of nitrogens with zero attached hydrogens (tertiary/aromatic N) is 1. The van der Waals surface area contributed by atoms with E-state index in [9.17, 15) is 13.2 Å². The molecule has 0 saturated carbocycles. The van der Waals surface area contributed by atoms with Gasteiger partial charge in [-0.2, -0.15) is 0 Å². The smallest absolute Gasteiger partial charge is 0.407 e. The van der Waals surface area contributed by atoms with E-state index < -0.39 is 21.5 Å². The van der Waals surface area contributed by atoms with Crippen LogP contribution in [0.4, 0.5) is 4.79 Å². The topological polar surface area (TPSA) is 77.4 Å². The Hall–Kier alpha value is -2.80. The van der Waals surface area contributed by atoms with Crippen LogP contribution < -0.4 is 5.32 Å². The third-order valence-electron chi connectivity index (χ3n) is 4.47. The number of carbonyl (C=O) groups is 1. The Balaban J connectivity index is 1.85. The standard InChI is InChI=1S/C22H26N2O4S/c1-22(2,3)28-21(25)23-13-12-16-15-24(4)20-11-10-18(14-19(16)20)29(26,27)17-8-6-5-7-9-17/h5-11,14-15H,12-13H2,1-4H3,(H,23,25). The Labute approximate surface area is 171 Å². The SMILES string of the molecule is Cn1cc(CCNC(=O)OC(C)(C)C)c2cc(S(=O)(=O)c3ccccc3)ccc21. The molecule has 0 fully saturated rings. The molecule has 0 spiro atoms. The van der Waals surface area contributed by atoms with Crippen LogP contribution >= 0.6 is 0 Å². The van der Waals surface area contributed by atoms with E-state index in [2.05, 4.69) is 5.32 Å². The zero-order valence-electron chi connectivity index (χ0n) is 17.1. The minimum atomic E-state index is -3.59. The maximum atomic E-state index is 13.0. The van der Waals surface area contributed by atoms with Gasteiger partial charge in [0.25, 0.3) is 0 Å². The van der Waals surface area contributed by atoms with E-state index in [4.69, 9.17) is 4.74 Å². The van der Waals surface area contributed by atoms with Crippen molar-refractivity contribution in [2.24, 2.45) is 7.05 Å². The monoisotopic (exact) mass is 414 g/mol. The average Bonchev–Trinajstić information content (AvgIpc) is 2.96. The number of aromatic nitrogens is 1. The molecular weight excluding hydrogens is 388 g/mol. The van der Waals surface area contributed by atoms with Gasteiger partial charge in [-0.25, -0.2) is 13.2 Å². The number of hydrogen-bond donors (Lipinski definition) is 1. The summed E-state index contributed by atoms with van der Waals surface area (Å²) in [6.45, 7) is 5.83. The maximum Gasteiger partial charge on any atom is 0.407 e. The van der Waals surface area contributed by atoms with Crippen LogP contribution in [-0.4, -0.2) is 31.2 Å². The second-order valence-corrected chi connectivity index (χ2v) is 9.89. The summed E-state index contributed by atoms with van der Waals surface area (Å²) in [5, 5.41) is 3.60. The molecule has 0 saturated heterocycles. The van der Waals surface area contributed by atoms with E-state index >= 15 is 0 Å². The zero-order chi connectivity index (χ0) is 21.2. The molecule has 0 bridgehead atoms. The first-order valence-corrected chi connectivity index (χ1v) is 10.9. The normalized spacial score (nSPS) is 12.1. The summed E-state index contributed by atoms with van der Waals surface area (Å²) >= 11 is 0. The fourth-order valence-electron chi connectivity index (χ4n) is 3.17. The highest BCUT2D eigenvalue weighted by Crippen LogP contribution is 2.27. The van der Waals surface area contributed by atoms with Crippen LogP contribution in [0.1, 0.15) is 26.3 Å². The Morgan fingerprint density at radius 2 is 1.76 bits per heavy atom. The summed E-state index contributed by atoms with van der Waals surface area (Å²) < 4.78 is 33.1. The lowest BCUT2D eigenvalue weighted by atomic mass is 10.1. The highest BCUT2D eigenvalue weighted by molar-refractivity contribution is 7.91. The van der Waals surface area contributed by atoms with Crippen LogP contribution in [0.25, 0.3) is 10.9 Å². The molecule has 3 rings (SSSR count). The Bertz CT molecular complexity index is 1130. The molecule has 0 aliphatic rings. The molecule has 6 nitrogen and oxygen atoms in total. The average molecular weight is 415 g/mol. The third-order valence-corrected chi connectivity index (χ3v) is 6.24. The number of fused-ring (bicyclic) bond motifs is 1. The van der Waals surface area contributed by atoms with Crippen molar-refractivity contribution in [1.82, 2.24) is 9.88 Å². The number of sulfone groups is 1. The van der Waals surface area contributed by atoms with Gasteiger partial charge in [-0.1, -0.05) is 18.2 Å². The lowest BCUT2D eigenvalue weighted by Crippen LogP contribution is -2.33. The van der Waals surface area contributed by atoms with Crippen molar-refractivity contribution in [1.29, 1.82) is 0 Å². The van der Waals surface area contributed by atoms with Crippen molar-refractivity contribution < 1.29 is 17.9 Å². The lowest BCUT2D eigenvalue weighted by molar-refractivity contribution is 0.0528. The van der Waals surface area contributed by atoms with Gasteiger partial charge in [-0.3, -0.25) is 0 Å². The van der Waals surface area contributed by atoms with Gasteiger partial charge in [0.2, 0.25) is 9.84 Å². The molecule has 0 radical (unpaired) electrons. The van der Waals surface area contributed by atoms with Crippen molar-refractivity contribution in [2.75, 3.05) is 6.54 Å². The predicted octanol–water partition coefficient (Wildman–Crippen LogP) is 4.08. The first-order chi connectivity index (χ1) is 13.6. The highest BCUT2D eigenvalue weighted by atomic mass is 32.2. The number of ether oxygens (including phenoxy) is 1.